The third-order valence-corrected chi connectivity index (χ3v) is 3.71. The highest BCUT2D eigenvalue weighted by atomic mass is 19.1. The Morgan fingerprint density at radius 3 is 2.46 bits per heavy atom. The van der Waals surface area contributed by atoms with Crippen LogP contribution in [0.5, 0.6) is 5.75 Å². The molecule has 2 amide bonds. The van der Waals surface area contributed by atoms with Gasteiger partial charge in [0, 0.05) is 25.0 Å². The largest absolute Gasteiger partial charge is 0.415 e. The van der Waals surface area contributed by atoms with Crippen LogP contribution in [0.25, 0.3) is 0 Å². The van der Waals surface area contributed by atoms with Crippen molar-refractivity contribution in [2.24, 2.45) is 0 Å². The molecule has 0 aliphatic carbocycles. The van der Waals surface area contributed by atoms with Crippen LogP contribution in [0.3, 0.4) is 0 Å². The van der Waals surface area contributed by atoms with E-state index < -0.39 is 28.1 Å². The average Bonchev–Trinajstić information content (AvgIpc) is 2.93. The van der Waals surface area contributed by atoms with Crippen molar-refractivity contribution in [2.75, 3.05) is 4.90 Å². The summed E-state index contributed by atoms with van der Waals surface area (Å²) in [5.41, 5.74) is -0.421. The summed E-state index contributed by atoms with van der Waals surface area (Å²) in [5, 5.41) is 11.0. The summed E-state index contributed by atoms with van der Waals surface area (Å²) in [4.78, 5) is 47.0. The van der Waals surface area contributed by atoms with Gasteiger partial charge in [-0.3, -0.25) is 24.6 Å². The topological polar surface area (TPSA) is 107 Å². The van der Waals surface area contributed by atoms with Crippen molar-refractivity contribution >= 4 is 29.2 Å². The van der Waals surface area contributed by atoms with Crippen molar-refractivity contribution in [3.8, 4) is 5.75 Å². The van der Waals surface area contributed by atoms with Crippen LogP contribution in [0.2, 0.25) is 0 Å². The lowest BCUT2D eigenvalue weighted by molar-refractivity contribution is -0.385. The molecule has 1 heterocycles. The molecule has 132 valence electrons. The van der Waals surface area contributed by atoms with Crippen molar-refractivity contribution < 1.29 is 28.4 Å². The van der Waals surface area contributed by atoms with Crippen LogP contribution in [0.4, 0.5) is 15.8 Å². The summed E-state index contributed by atoms with van der Waals surface area (Å²) in [7, 11) is 0. The molecule has 8 nitrogen and oxygen atoms in total. The van der Waals surface area contributed by atoms with Crippen LogP contribution in [0, 0.1) is 15.9 Å². The first-order valence-electron chi connectivity index (χ1n) is 7.49. The van der Waals surface area contributed by atoms with Gasteiger partial charge in [-0.15, -0.1) is 0 Å². The van der Waals surface area contributed by atoms with Crippen LogP contribution in [0.1, 0.15) is 23.2 Å². The van der Waals surface area contributed by atoms with Gasteiger partial charge in [0.05, 0.1) is 16.2 Å². The van der Waals surface area contributed by atoms with Gasteiger partial charge in [0.15, 0.2) is 0 Å². The number of halogens is 1. The number of carbonyl (C=O) groups excluding carboxylic acids is 3. The fourth-order valence-corrected chi connectivity index (χ4v) is 2.52. The number of ether oxygens (including phenoxy) is 1. The average molecular weight is 358 g/mol. The number of nitro groups is 1. The van der Waals surface area contributed by atoms with Gasteiger partial charge in [-0.25, -0.2) is 9.18 Å². The maximum atomic E-state index is 13.3. The molecule has 2 aromatic carbocycles. The summed E-state index contributed by atoms with van der Waals surface area (Å²) < 4.78 is 18.3. The Bertz CT molecular complexity index is 927. The number of esters is 1. The normalized spacial score (nSPS) is 13.8. The Hall–Kier alpha value is -3.62. The zero-order valence-corrected chi connectivity index (χ0v) is 13.2. The van der Waals surface area contributed by atoms with E-state index in [1.165, 1.54) is 24.3 Å². The molecule has 1 aliphatic heterocycles. The third-order valence-electron chi connectivity index (χ3n) is 3.71. The number of hydrogen-bond donors (Lipinski definition) is 0. The van der Waals surface area contributed by atoms with Crippen molar-refractivity contribution in [1.82, 2.24) is 0 Å². The molecule has 0 spiro atoms. The highest BCUT2D eigenvalue weighted by molar-refractivity contribution is 6.20. The number of nitrogens with zero attached hydrogens (tertiary/aromatic N) is 2. The Labute approximate surface area is 145 Å². The first-order valence-corrected chi connectivity index (χ1v) is 7.49. The summed E-state index contributed by atoms with van der Waals surface area (Å²) in [6.07, 6.45) is 0.173. The van der Waals surface area contributed by atoms with Crippen LogP contribution in [-0.2, 0) is 9.59 Å². The van der Waals surface area contributed by atoms with Gasteiger partial charge in [-0.05, 0) is 24.3 Å². The SMILES string of the molecule is O=C(Oc1cc(F)ccc1[N+](=O)[O-])c1cccc(N2C(=O)CCC2=O)c1. The molecular formula is C17H11FN2O6. The van der Waals surface area contributed by atoms with Crippen molar-refractivity contribution in [1.29, 1.82) is 0 Å². The van der Waals surface area contributed by atoms with Crippen molar-refractivity contribution in [3.63, 3.8) is 0 Å². The number of anilines is 1. The minimum atomic E-state index is -0.986. The zero-order valence-electron chi connectivity index (χ0n) is 13.2. The van der Waals surface area contributed by atoms with Gasteiger partial charge in [-0.1, -0.05) is 6.07 Å². The van der Waals surface area contributed by atoms with Gasteiger partial charge < -0.3 is 4.74 Å². The lowest BCUT2D eigenvalue weighted by atomic mass is 10.2. The predicted molar refractivity (Wildman–Crippen MR) is 86.2 cm³/mol. The fourth-order valence-electron chi connectivity index (χ4n) is 2.52. The lowest BCUT2D eigenvalue weighted by Crippen LogP contribution is -2.28. The van der Waals surface area contributed by atoms with E-state index in [1.54, 1.807) is 0 Å². The summed E-state index contributed by atoms with van der Waals surface area (Å²) in [5.74, 6) is -3.11. The first-order chi connectivity index (χ1) is 12.4. The van der Waals surface area contributed by atoms with E-state index in [0.717, 1.165) is 23.1 Å². The van der Waals surface area contributed by atoms with Crippen LogP contribution in [0.15, 0.2) is 42.5 Å². The molecule has 0 unspecified atom stereocenters. The van der Waals surface area contributed by atoms with E-state index in [2.05, 4.69) is 0 Å². The highest BCUT2D eigenvalue weighted by Gasteiger charge is 2.30. The van der Waals surface area contributed by atoms with Crippen molar-refractivity contribution in [2.45, 2.75) is 12.8 Å². The van der Waals surface area contributed by atoms with Crippen LogP contribution in [-0.4, -0.2) is 22.7 Å². The Morgan fingerprint density at radius 2 is 1.81 bits per heavy atom. The molecule has 9 heteroatoms. The van der Waals surface area contributed by atoms with E-state index in [-0.39, 0.29) is 35.9 Å². The minimum absolute atomic E-state index is 0.0476. The highest BCUT2D eigenvalue weighted by Crippen LogP contribution is 2.29. The molecule has 1 aliphatic rings. The Balaban J connectivity index is 1.89. The maximum absolute atomic E-state index is 13.3. The monoisotopic (exact) mass is 358 g/mol. The second kappa shape index (κ2) is 6.71. The quantitative estimate of drug-likeness (QED) is 0.273. The second-order valence-electron chi connectivity index (χ2n) is 5.43. The van der Waals surface area contributed by atoms with Gasteiger partial charge >= 0.3 is 11.7 Å². The maximum Gasteiger partial charge on any atom is 0.343 e. The Morgan fingerprint density at radius 1 is 1.12 bits per heavy atom. The summed E-state index contributed by atoms with van der Waals surface area (Å²) in [6.45, 7) is 0. The number of rotatable bonds is 4. The molecule has 1 fully saturated rings. The fraction of sp³-hybridized carbons (Fsp3) is 0.118. The molecule has 3 rings (SSSR count). The molecule has 0 radical (unpaired) electrons. The van der Waals surface area contributed by atoms with Crippen LogP contribution < -0.4 is 9.64 Å². The van der Waals surface area contributed by atoms with E-state index >= 15 is 0 Å². The Kier molecular flexibility index (Phi) is 4.44. The third kappa shape index (κ3) is 3.27. The molecule has 0 saturated carbocycles. The number of imide groups is 1. The first kappa shape index (κ1) is 17.2. The van der Waals surface area contributed by atoms with Gasteiger partial charge in [-0.2, -0.15) is 0 Å². The number of hydrogen-bond acceptors (Lipinski definition) is 6. The molecule has 1 saturated heterocycles. The predicted octanol–water partition coefficient (Wildman–Crippen LogP) is 2.61. The number of amides is 2. The van der Waals surface area contributed by atoms with E-state index in [4.69, 9.17) is 4.74 Å². The van der Waals surface area contributed by atoms with Gasteiger partial charge in [0.1, 0.15) is 5.82 Å². The van der Waals surface area contributed by atoms with Gasteiger partial charge in [0.25, 0.3) is 0 Å². The zero-order chi connectivity index (χ0) is 18.8. The van der Waals surface area contributed by atoms with E-state index in [9.17, 15) is 28.9 Å². The standard InChI is InChI=1S/C17H11FN2O6/c18-11-4-5-13(20(24)25)14(9-11)26-17(23)10-2-1-3-12(8-10)19-15(21)6-7-16(19)22/h1-5,8-9H,6-7H2. The number of carbonyl (C=O) groups is 3. The summed E-state index contributed by atoms with van der Waals surface area (Å²) in [6, 6.07) is 8.01. The van der Waals surface area contributed by atoms with Crippen molar-refractivity contribution in [3.05, 3.63) is 64.0 Å². The lowest BCUT2D eigenvalue weighted by Gasteiger charge is -2.14. The van der Waals surface area contributed by atoms with E-state index in [0.29, 0.717) is 0 Å². The number of benzene rings is 2. The van der Waals surface area contributed by atoms with E-state index in [1.807, 2.05) is 0 Å². The molecule has 26 heavy (non-hydrogen) atoms. The summed E-state index contributed by atoms with van der Waals surface area (Å²) >= 11 is 0. The molecule has 0 N–H and O–H groups in total. The minimum Gasteiger partial charge on any atom is -0.415 e. The number of nitro benzene ring substituents is 1. The van der Waals surface area contributed by atoms with Crippen LogP contribution >= 0.6 is 0 Å². The molecule has 0 atom stereocenters. The van der Waals surface area contributed by atoms with Gasteiger partial charge in [0.2, 0.25) is 17.6 Å². The smallest absolute Gasteiger partial charge is 0.343 e. The molecule has 0 aromatic heterocycles. The molecule has 0 bridgehead atoms. The molecular weight excluding hydrogens is 347 g/mol. The molecule has 2 aromatic rings. The second-order valence-corrected chi connectivity index (χ2v) is 5.43.